The number of hydrogen-bond donors (Lipinski definition) is 1. The van der Waals surface area contributed by atoms with Crippen molar-refractivity contribution < 1.29 is 17.9 Å². The molecule has 17 heavy (non-hydrogen) atoms. The molecular weight excluding hydrogens is 233 g/mol. The van der Waals surface area contributed by atoms with Crippen LogP contribution in [0.1, 0.15) is 0 Å². The SMILES string of the molecule is CN(CCOc1ccccc1N)CC(F)(F)F. The molecule has 0 atom stereocenters. The van der Waals surface area contributed by atoms with Crippen molar-refractivity contribution in [3.05, 3.63) is 24.3 Å². The molecule has 3 nitrogen and oxygen atoms in total. The van der Waals surface area contributed by atoms with Crippen molar-refractivity contribution in [3.8, 4) is 5.75 Å². The van der Waals surface area contributed by atoms with Crippen molar-refractivity contribution in [2.24, 2.45) is 0 Å². The molecule has 0 radical (unpaired) electrons. The highest BCUT2D eigenvalue weighted by molar-refractivity contribution is 5.51. The summed E-state index contributed by atoms with van der Waals surface area (Å²) in [7, 11) is 1.39. The van der Waals surface area contributed by atoms with Crippen LogP contribution in [0, 0.1) is 0 Å². The number of nitrogen functional groups attached to an aromatic ring is 1. The third-order valence-electron chi connectivity index (χ3n) is 2.10. The highest BCUT2D eigenvalue weighted by atomic mass is 19.4. The van der Waals surface area contributed by atoms with E-state index in [-0.39, 0.29) is 13.2 Å². The normalized spacial score (nSPS) is 11.8. The van der Waals surface area contributed by atoms with E-state index in [9.17, 15) is 13.2 Å². The lowest BCUT2D eigenvalue weighted by molar-refractivity contribution is -0.143. The van der Waals surface area contributed by atoms with Crippen LogP contribution in [0.15, 0.2) is 24.3 Å². The van der Waals surface area contributed by atoms with Crippen LogP contribution >= 0.6 is 0 Å². The van der Waals surface area contributed by atoms with Gasteiger partial charge in [-0.1, -0.05) is 12.1 Å². The summed E-state index contributed by atoms with van der Waals surface area (Å²) in [5, 5.41) is 0. The standard InChI is InChI=1S/C11H15F3N2O/c1-16(8-11(12,13)14)6-7-17-10-5-3-2-4-9(10)15/h2-5H,6-8,15H2,1H3. The lowest BCUT2D eigenvalue weighted by Gasteiger charge is -2.18. The Morgan fingerprint density at radius 2 is 1.94 bits per heavy atom. The Kier molecular flexibility index (Phi) is 4.62. The average Bonchev–Trinajstić information content (AvgIpc) is 2.18. The third kappa shape index (κ3) is 5.44. The summed E-state index contributed by atoms with van der Waals surface area (Å²) in [6, 6.07) is 6.87. The lowest BCUT2D eigenvalue weighted by Crippen LogP contribution is -2.33. The maximum absolute atomic E-state index is 12.0. The number of para-hydroxylation sites is 2. The monoisotopic (exact) mass is 248 g/mol. The Morgan fingerprint density at radius 1 is 1.29 bits per heavy atom. The number of alkyl halides is 3. The second-order valence-corrected chi connectivity index (χ2v) is 3.74. The van der Waals surface area contributed by atoms with Gasteiger partial charge in [-0.25, -0.2) is 0 Å². The first-order chi connectivity index (χ1) is 7.88. The largest absolute Gasteiger partial charge is 0.490 e. The summed E-state index contributed by atoms with van der Waals surface area (Å²) in [5.41, 5.74) is 6.10. The molecule has 96 valence electrons. The molecule has 0 fully saturated rings. The number of anilines is 1. The number of likely N-dealkylation sites (N-methyl/N-ethyl adjacent to an activating group) is 1. The molecule has 0 amide bonds. The summed E-state index contributed by atoms with van der Waals surface area (Å²) in [5.74, 6) is 0.493. The number of hydrogen-bond acceptors (Lipinski definition) is 3. The van der Waals surface area contributed by atoms with Gasteiger partial charge in [-0.05, 0) is 19.2 Å². The molecule has 0 saturated heterocycles. The Labute approximate surface area is 98.0 Å². The topological polar surface area (TPSA) is 38.5 Å². The van der Waals surface area contributed by atoms with Gasteiger partial charge in [0.15, 0.2) is 0 Å². The maximum atomic E-state index is 12.0. The highest BCUT2D eigenvalue weighted by Gasteiger charge is 2.28. The van der Waals surface area contributed by atoms with Crippen molar-refractivity contribution in [2.75, 3.05) is 32.5 Å². The van der Waals surface area contributed by atoms with Crippen LogP contribution in [-0.2, 0) is 0 Å². The zero-order valence-electron chi connectivity index (χ0n) is 9.50. The molecule has 0 saturated carbocycles. The number of nitrogens with zero attached hydrogens (tertiary/aromatic N) is 1. The van der Waals surface area contributed by atoms with Gasteiger partial charge in [0, 0.05) is 6.54 Å². The van der Waals surface area contributed by atoms with Crippen LogP contribution in [0.2, 0.25) is 0 Å². The van der Waals surface area contributed by atoms with Gasteiger partial charge in [0.1, 0.15) is 12.4 Å². The number of benzene rings is 1. The van der Waals surface area contributed by atoms with Crippen molar-refractivity contribution in [3.63, 3.8) is 0 Å². The zero-order chi connectivity index (χ0) is 12.9. The predicted octanol–water partition coefficient (Wildman–Crippen LogP) is 2.14. The molecule has 0 spiro atoms. The minimum atomic E-state index is -4.18. The van der Waals surface area contributed by atoms with Crippen molar-refractivity contribution >= 4 is 5.69 Å². The van der Waals surface area contributed by atoms with Gasteiger partial charge in [0.25, 0.3) is 0 Å². The molecule has 6 heteroatoms. The van der Waals surface area contributed by atoms with E-state index in [0.717, 1.165) is 4.90 Å². The van der Waals surface area contributed by atoms with Crippen LogP contribution in [0.4, 0.5) is 18.9 Å². The first kappa shape index (κ1) is 13.6. The Balaban J connectivity index is 2.31. The van der Waals surface area contributed by atoms with Gasteiger partial charge >= 0.3 is 6.18 Å². The molecule has 0 aliphatic heterocycles. The average molecular weight is 248 g/mol. The van der Waals surface area contributed by atoms with Crippen LogP contribution in [0.25, 0.3) is 0 Å². The molecule has 1 aromatic rings. The number of nitrogens with two attached hydrogens (primary N) is 1. The molecular formula is C11H15F3N2O. The van der Waals surface area contributed by atoms with Crippen LogP contribution in [-0.4, -0.2) is 37.8 Å². The zero-order valence-corrected chi connectivity index (χ0v) is 9.50. The van der Waals surface area contributed by atoms with E-state index in [2.05, 4.69) is 0 Å². The Morgan fingerprint density at radius 3 is 2.53 bits per heavy atom. The first-order valence-electron chi connectivity index (χ1n) is 5.11. The van der Waals surface area contributed by atoms with E-state index < -0.39 is 12.7 Å². The second kappa shape index (κ2) is 5.77. The molecule has 2 N–H and O–H groups in total. The Hall–Kier alpha value is -1.43. The van der Waals surface area contributed by atoms with Crippen LogP contribution in [0.5, 0.6) is 5.75 Å². The summed E-state index contributed by atoms with van der Waals surface area (Å²) in [4.78, 5) is 1.15. The summed E-state index contributed by atoms with van der Waals surface area (Å²) in [6.07, 6.45) is -4.18. The third-order valence-corrected chi connectivity index (χ3v) is 2.10. The van der Waals surface area contributed by atoms with Crippen molar-refractivity contribution in [1.29, 1.82) is 0 Å². The quantitative estimate of drug-likeness (QED) is 0.811. The summed E-state index contributed by atoms with van der Waals surface area (Å²) < 4.78 is 41.3. The van der Waals surface area contributed by atoms with E-state index in [0.29, 0.717) is 11.4 Å². The molecule has 0 aliphatic rings. The Bertz CT molecular complexity index is 355. The van der Waals surface area contributed by atoms with E-state index in [1.54, 1.807) is 24.3 Å². The molecule has 0 aliphatic carbocycles. The minimum Gasteiger partial charge on any atom is -0.490 e. The number of halogens is 3. The van der Waals surface area contributed by atoms with Gasteiger partial charge < -0.3 is 10.5 Å². The first-order valence-corrected chi connectivity index (χ1v) is 5.11. The van der Waals surface area contributed by atoms with Gasteiger partial charge in [0.2, 0.25) is 0 Å². The van der Waals surface area contributed by atoms with E-state index in [4.69, 9.17) is 10.5 Å². The smallest absolute Gasteiger partial charge is 0.401 e. The number of rotatable bonds is 5. The van der Waals surface area contributed by atoms with Crippen molar-refractivity contribution in [1.82, 2.24) is 4.90 Å². The molecule has 0 aromatic heterocycles. The van der Waals surface area contributed by atoms with Gasteiger partial charge in [-0.2, -0.15) is 13.2 Å². The minimum absolute atomic E-state index is 0.167. The van der Waals surface area contributed by atoms with Gasteiger partial charge in [-0.15, -0.1) is 0 Å². The fraction of sp³-hybridized carbons (Fsp3) is 0.455. The molecule has 0 bridgehead atoms. The van der Waals surface area contributed by atoms with Crippen LogP contribution in [0.3, 0.4) is 0 Å². The van der Waals surface area contributed by atoms with Gasteiger partial charge in [0.05, 0.1) is 12.2 Å². The van der Waals surface area contributed by atoms with Gasteiger partial charge in [-0.3, -0.25) is 4.90 Å². The molecule has 0 unspecified atom stereocenters. The summed E-state index contributed by atoms with van der Waals surface area (Å²) in [6.45, 7) is -0.588. The van der Waals surface area contributed by atoms with Crippen LogP contribution < -0.4 is 10.5 Å². The predicted molar refractivity (Wildman–Crippen MR) is 59.9 cm³/mol. The fourth-order valence-corrected chi connectivity index (χ4v) is 1.31. The van der Waals surface area contributed by atoms with E-state index >= 15 is 0 Å². The highest BCUT2D eigenvalue weighted by Crippen LogP contribution is 2.19. The molecule has 1 rings (SSSR count). The molecule has 0 heterocycles. The fourth-order valence-electron chi connectivity index (χ4n) is 1.31. The van der Waals surface area contributed by atoms with E-state index in [1.807, 2.05) is 0 Å². The lowest BCUT2D eigenvalue weighted by atomic mass is 10.3. The second-order valence-electron chi connectivity index (χ2n) is 3.74. The van der Waals surface area contributed by atoms with E-state index in [1.165, 1.54) is 7.05 Å². The van der Waals surface area contributed by atoms with Crippen molar-refractivity contribution in [2.45, 2.75) is 6.18 Å². The maximum Gasteiger partial charge on any atom is 0.401 e. The molecule has 1 aromatic carbocycles. The number of ether oxygens (including phenoxy) is 1. The summed E-state index contributed by atoms with van der Waals surface area (Å²) >= 11 is 0.